The minimum Gasteiger partial charge on any atom is -0.326 e. The molecule has 33 heavy (non-hydrogen) atoms. The van der Waals surface area contributed by atoms with Gasteiger partial charge >= 0.3 is 0 Å². The number of nitrogens with one attached hydrogen (secondary N) is 1. The van der Waals surface area contributed by atoms with E-state index in [1.54, 1.807) is 24.3 Å². The van der Waals surface area contributed by atoms with Crippen LogP contribution in [0.4, 0.5) is 5.69 Å². The van der Waals surface area contributed by atoms with Gasteiger partial charge in [0.15, 0.2) is 5.78 Å². The molecule has 1 aliphatic rings. The third-order valence-corrected chi connectivity index (χ3v) is 7.76. The van der Waals surface area contributed by atoms with E-state index in [-0.39, 0.29) is 35.0 Å². The van der Waals surface area contributed by atoms with Crippen molar-refractivity contribution in [3.63, 3.8) is 0 Å². The fourth-order valence-electron chi connectivity index (χ4n) is 3.58. The number of carbonyl (C=O) groups excluding carboxylic acids is 2. The molecular weight excluding hydrogens is 554 g/mol. The van der Waals surface area contributed by atoms with Crippen molar-refractivity contribution in [2.75, 3.05) is 11.1 Å². The van der Waals surface area contributed by atoms with Gasteiger partial charge in [-0.2, -0.15) is 0 Å². The smallest absolute Gasteiger partial charge is 0.231 e. The summed E-state index contributed by atoms with van der Waals surface area (Å²) in [5.74, 6) is -2.20. The number of alkyl halides is 2. The Balaban J connectivity index is 1.68. The molecule has 3 N–H and O–H groups in total. The average molecular weight is 573 g/mol. The molecule has 3 rings (SSSR count). The molecule has 1 amide bonds. The minimum atomic E-state index is -3.58. The van der Waals surface area contributed by atoms with Crippen molar-refractivity contribution in [3.8, 4) is 0 Å². The van der Waals surface area contributed by atoms with Gasteiger partial charge in [0.05, 0.1) is 16.7 Å². The maximum absolute atomic E-state index is 12.9. The minimum absolute atomic E-state index is 0.0827. The summed E-state index contributed by atoms with van der Waals surface area (Å²) in [6.07, 6.45) is 0.664. The molecule has 2 atom stereocenters. The van der Waals surface area contributed by atoms with E-state index in [1.165, 1.54) is 12.1 Å². The fourth-order valence-corrected chi connectivity index (χ4v) is 5.78. The Hall–Kier alpha value is -1.06. The standard InChI is InChI=1S/C21H19Cl5N2O4S/c22-12-7-11(8-13(23)9-12)18-19(21(18,25)26)20(30)28-14-4-5-16(24)15(10-14)17(29)3-1-2-6-33(27,31)32/h4-5,7-10,18-19H,1-3,6H2,(H,28,30)(H2,27,31,32). The number of amides is 1. The van der Waals surface area contributed by atoms with E-state index >= 15 is 0 Å². The van der Waals surface area contributed by atoms with Gasteiger partial charge in [-0.1, -0.05) is 34.8 Å². The number of Topliss-reactive ketones (excluding diaryl/α,β-unsaturated/α-hetero) is 1. The Morgan fingerprint density at radius 1 is 1.00 bits per heavy atom. The first kappa shape index (κ1) is 26.5. The normalized spacial score (nSPS) is 19.2. The van der Waals surface area contributed by atoms with Crippen molar-refractivity contribution >= 4 is 85.4 Å². The molecule has 0 heterocycles. The van der Waals surface area contributed by atoms with Gasteiger partial charge < -0.3 is 5.32 Å². The second kappa shape index (κ2) is 10.3. The van der Waals surface area contributed by atoms with Crippen molar-refractivity contribution in [2.45, 2.75) is 29.5 Å². The monoisotopic (exact) mass is 570 g/mol. The van der Waals surface area contributed by atoms with E-state index in [2.05, 4.69) is 5.32 Å². The Bertz CT molecular complexity index is 1180. The van der Waals surface area contributed by atoms with Crippen LogP contribution in [0.25, 0.3) is 0 Å². The highest BCUT2D eigenvalue weighted by Crippen LogP contribution is 2.65. The molecular formula is C21H19Cl5N2O4S. The van der Waals surface area contributed by atoms with Crippen LogP contribution < -0.4 is 10.5 Å². The topological polar surface area (TPSA) is 106 Å². The van der Waals surface area contributed by atoms with Gasteiger partial charge in [-0.3, -0.25) is 9.59 Å². The van der Waals surface area contributed by atoms with Gasteiger partial charge in [-0.15, -0.1) is 23.2 Å². The molecule has 12 heteroatoms. The summed E-state index contributed by atoms with van der Waals surface area (Å²) in [6, 6.07) is 9.37. The van der Waals surface area contributed by atoms with Crippen LogP contribution in [0.3, 0.4) is 0 Å². The Morgan fingerprint density at radius 2 is 1.64 bits per heavy atom. The number of anilines is 1. The molecule has 2 unspecified atom stereocenters. The maximum atomic E-state index is 12.9. The predicted octanol–water partition coefficient (Wildman–Crippen LogP) is 5.81. The summed E-state index contributed by atoms with van der Waals surface area (Å²) in [7, 11) is -3.58. The van der Waals surface area contributed by atoms with Gasteiger partial charge in [-0.25, -0.2) is 13.6 Å². The third kappa shape index (κ3) is 6.75. The molecule has 0 spiro atoms. The van der Waals surface area contributed by atoms with Crippen LogP contribution in [0, 0.1) is 5.92 Å². The maximum Gasteiger partial charge on any atom is 0.231 e. The molecule has 0 aromatic heterocycles. The molecule has 2 aromatic rings. The lowest BCUT2D eigenvalue weighted by Crippen LogP contribution is -2.17. The number of unbranched alkanes of at least 4 members (excludes halogenated alkanes) is 1. The lowest BCUT2D eigenvalue weighted by Gasteiger charge is -2.09. The number of rotatable bonds is 9. The molecule has 0 radical (unpaired) electrons. The number of carbonyl (C=O) groups is 2. The van der Waals surface area contributed by atoms with Crippen molar-refractivity contribution in [2.24, 2.45) is 11.1 Å². The van der Waals surface area contributed by atoms with Crippen molar-refractivity contribution < 1.29 is 18.0 Å². The van der Waals surface area contributed by atoms with E-state index in [4.69, 9.17) is 63.1 Å². The van der Waals surface area contributed by atoms with Crippen LogP contribution in [0.5, 0.6) is 0 Å². The largest absolute Gasteiger partial charge is 0.326 e. The number of hydrogen-bond donors (Lipinski definition) is 2. The average Bonchev–Trinajstić information content (AvgIpc) is 3.27. The highest BCUT2D eigenvalue weighted by molar-refractivity contribution is 7.89. The summed E-state index contributed by atoms with van der Waals surface area (Å²) in [4.78, 5) is 25.4. The van der Waals surface area contributed by atoms with E-state index in [9.17, 15) is 18.0 Å². The summed E-state index contributed by atoms with van der Waals surface area (Å²) >= 11 is 31.0. The van der Waals surface area contributed by atoms with Crippen molar-refractivity contribution in [3.05, 3.63) is 62.6 Å². The molecule has 0 aliphatic heterocycles. The van der Waals surface area contributed by atoms with Crippen LogP contribution >= 0.6 is 58.0 Å². The van der Waals surface area contributed by atoms with Crippen LogP contribution in [0.2, 0.25) is 15.1 Å². The number of ketones is 1. The van der Waals surface area contributed by atoms with Crippen LogP contribution in [-0.2, 0) is 14.8 Å². The number of hydrogen-bond acceptors (Lipinski definition) is 4. The summed E-state index contributed by atoms with van der Waals surface area (Å²) < 4.78 is 20.7. The number of primary sulfonamides is 1. The first-order valence-corrected chi connectivity index (χ1v) is 13.4. The lowest BCUT2D eigenvalue weighted by molar-refractivity contribution is -0.117. The van der Waals surface area contributed by atoms with Crippen LogP contribution in [0.1, 0.15) is 41.1 Å². The molecule has 0 saturated heterocycles. The molecule has 0 bridgehead atoms. The molecule has 6 nitrogen and oxygen atoms in total. The zero-order valence-electron chi connectivity index (χ0n) is 17.0. The van der Waals surface area contributed by atoms with Gasteiger partial charge in [-0.05, 0) is 54.8 Å². The first-order valence-electron chi connectivity index (χ1n) is 9.77. The number of halogens is 5. The van der Waals surface area contributed by atoms with Gasteiger partial charge in [0, 0.05) is 33.6 Å². The molecule has 178 valence electrons. The first-order chi connectivity index (χ1) is 15.3. The Kier molecular flexibility index (Phi) is 8.27. The zero-order valence-corrected chi connectivity index (χ0v) is 21.6. The summed E-state index contributed by atoms with van der Waals surface area (Å²) in [6.45, 7) is 0. The van der Waals surface area contributed by atoms with Crippen LogP contribution in [0.15, 0.2) is 36.4 Å². The third-order valence-electron chi connectivity index (χ3n) is 5.20. The molecule has 1 saturated carbocycles. The second-order valence-corrected chi connectivity index (χ2v) is 12.2. The number of sulfonamides is 1. The highest BCUT2D eigenvalue weighted by Gasteiger charge is 2.67. The van der Waals surface area contributed by atoms with Crippen molar-refractivity contribution in [1.82, 2.24) is 0 Å². The summed E-state index contributed by atoms with van der Waals surface area (Å²) in [5.41, 5.74) is 1.20. The molecule has 2 aromatic carbocycles. The fraction of sp³-hybridized carbons (Fsp3) is 0.333. The quantitative estimate of drug-likeness (QED) is 0.225. The Morgan fingerprint density at radius 3 is 2.24 bits per heavy atom. The van der Waals surface area contributed by atoms with Gasteiger partial charge in [0.1, 0.15) is 4.33 Å². The zero-order chi connectivity index (χ0) is 24.6. The van der Waals surface area contributed by atoms with Gasteiger partial charge in [0.2, 0.25) is 15.9 Å². The van der Waals surface area contributed by atoms with E-state index in [1.807, 2.05) is 0 Å². The van der Waals surface area contributed by atoms with E-state index in [0.29, 0.717) is 27.7 Å². The Labute approximate surface area is 216 Å². The van der Waals surface area contributed by atoms with Crippen LogP contribution in [-0.4, -0.2) is 30.2 Å². The molecule has 1 fully saturated rings. The van der Waals surface area contributed by atoms with Crippen molar-refractivity contribution in [1.29, 1.82) is 0 Å². The number of benzene rings is 2. The SMILES string of the molecule is NS(=O)(=O)CCCCC(=O)c1cc(NC(=O)C2C(c3cc(Cl)cc(Cl)c3)C2(Cl)Cl)ccc1Cl. The second-order valence-electron chi connectivity index (χ2n) is 7.76. The van der Waals surface area contributed by atoms with E-state index in [0.717, 1.165) is 0 Å². The predicted molar refractivity (Wildman–Crippen MR) is 133 cm³/mol. The highest BCUT2D eigenvalue weighted by atomic mass is 35.5. The number of nitrogens with two attached hydrogens (primary N) is 1. The summed E-state index contributed by atoms with van der Waals surface area (Å²) in [5, 5.41) is 8.69. The molecule has 1 aliphatic carbocycles. The van der Waals surface area contributed by atoms with E-state index < -0.39 is 32.1 Å². The lowest BCUT2D eigenvalue weighted by atomic mass is 10.0. The van der Waals surface area contributed by atoms with Gasteiger partial charge in [0.25, 0.3) is 0 Å².